The van der Waals surface area contributed by atoms with Crippen molar-refractivity contribution in [1.29, 1.82) is 0 Å². The molecule has 2 aromatic rings. The number of carbonyl (C=O) groups is 1. The van der Waals surface area contributed by atoms with E-state index in [0.29, 0.717) is 22.5 Å². The number of benzene rings is 1. The van der Waals surface area contributed by atoms with Crippen LogP contribution in [0.2, 0.25) is 5.15 Å². The maximum Gasteiger partial charge on any atom is 0.274 e. The Labute approximate surface area is 125 Å². The second kappa shape index (κ2) is 5.88. The number of amides is 1. The minimum Gasteiger partial charge on any atom is -0.321 e. The number of aromatic nitrogens is 1. The highest BCUT2D eigenvalue weighted by atomic mass is 35.5. The van der Waals surface area contributed by atoms with Crippen molar-refractivity contribution in [3.05, 3.63) is 62.4 Å². The van der Waals surface area contributed by atoms with E-state index in [1.54, 1.807) is 26.0 Å². The molecule has 0 bridgehead atoms. The lowest BCUT2D eigenvalue weighted by Gasteiger charge is -2.09. The number of carbonyl (C=O) groups excluding carboxylic acids is 1. The zero-order valence-electron chi connectivity index (χ0n) is 11.4. The fourth-order valence-corrected chi connectivity index (χ4v) is 2.16. The molecule has 1 amide bonds. The summed E-state index contributed by atoms with van der Waals surface area (Å²) in [5, 5.41) is 13.8. The lowest BCUT2D eigenvalue weighted by atomic mass is 10.1. The Kier molecular flexibility index (Phi) is 4.18. The molecule has 1 N–H and O–H groups in total. The number of pyridine rings is 1. The molecule has 1 aromatic heterocycles. The van der Waals surface area contributed by atoms with Gasteiger partial charge >= 0.3 is 0 Å². The molecule has 0 unspecified atom stereocenters. The zero-order valence-corrected chi connectivity index (χ0v) is 12.1. The highest BCUT2D eigenvalue weighted by molar-refractivity contribution is 6.29. The van der Waals surface area contributed by atoms with Gasteiger partial charge in [0, 0.05) is 17.3 Å². The number of nitro benzene ring substituents is 1. The Balaban J connectivity index is 2.32. The van der Waals surface area contributed by atoms with Gasteiger partial charge in [-0.25, -0.2) is 4.98 Å². The molecule has 0 saturated heterocycles. The zero-order chi connectivity index (χ0) is 15.6. The van der Waals surface area contributed by atoms with Crippen molar-refractivity contribution in [2.45, 2.75) is 13.8 Å². The fourth-order valence-electron chi connectivity index (χ4n) is 1.91. The van der Waals surface area contributed by atoms with Crippen LogP contribution in [0.25, 0.3) is 0 Å². The van der Waals surface area contributed by atoms with Gasteiger partial charge in [-0.05, 0) is 32.0 Å². The number of nitrogens with one attached hydrogen (secondary N) is 1. The molecule has 0 aliphatic rings. The average Bonchev–Trinajstić information content (AvgIpc) is 2.39. The van der Waals surface area contributed by atoms with Crippen LogP contribution in [0, 0.1) is 24.0 Å². The minimum absolute atomic E-state index is 0.0447. The number of aryl methyl sites for hydroxylation is 1. The summed E-state index contributed by atoms with van der Waals surface area (Å²) >= 11 is 5.81. The Hall–Kier alpha value is -2.47. The summed E-state index contributed by atoms with van der Waals surface area (Å²) in [5.41, 5.74) is 1.70. The van der Waals surface area contributed by atoms with Gasteiger partial charge in [-0.15, -0.1) is 0 Å². The number of nitro groups is 1. The molecular weight excluding hydrogens is 294 g/mol. The van der Waals surface area contributed by atoms with Crippen molar-refractivity contribution in [2.24, 2.45) is 0 Å². The van der Waals surface area contributed by atoms with Gasteiger partial charge in [0.1, 0.15) is 5.15 Å². The molecule has 1 aromatic carbocycles. The largest absolute Gasteiger partial charge is 0.321 e. The lowest BCUT2D eigenvalue weighted by Crippen LogP contribution is -2.13. The topological polar surface area (TPSA) is 85.1 Å². The summed E-state index contributed by atoms with van der Waals surface area (Å²) in [7, 11) is 0. The molecule has 1 heterocycles. The third-order valence-electron chi connectivity index (χ3n) is 2.93. The number of hydrogen-bond acceptors (Lipinski definition) is 4. The maximum atomic E-state index is 12.2. The minimum atomic E-state index is -0.488. The summed E-state index contributed by atoms with van der Waals surface area (Å²) in [4.78, 5) is 26.6. The molecule has 0 saturated carbocycles. The van der Waals surface area contributed by atoms with Crippen LogP contribution in [0.5, 0.6) is 0 Å². The molecule has 0 aliphatic heterocycles. The van der Waals surface area contributed by atoms with Crippen molar-refractivity contribution < 1.29 is 9.72 Å². The van der Waals surface area contributed by atoms with Crippen molar-refractivity contribution >= 4 is 28.9 Å². The van der Waals surface area contributed by atoms with Crippen molar-refractivity contribution in [3.63, 3.8) is 0 Å². The second-order valence-corrected chi connectivity index (χ2v) is 4.87. The van der Waals surface area contributed by atoms with Crippen molar-refractivity contribution in [3.8, 4) is 0 Å². The van der Waals surface area contributed by atoms with Crippen LogP contribution in [0.4, 0.5) is 11.4 Å². The SMILES string of the molecule is Cc1cc(C(=O)Nc2cccc([N+](=O)[O-])c2C)cc(Cl)n1. The van der Waals surface area contributed by atoms with E-state index in [2.05, 4.69) is 10.3 Å². The molecular formula is C14H12ClN3O3. The lowest BCUT2D eigenvalue weighted by molar-refractivity contribution is -0.385. The van der Waals surface area contributed by atoms with Crippen LogP contribution >= 0.6 is 11.6 Å². The third-order valence-corrected chi connectivity index (χ3v) is 3.13. The van der Waals surface area contributed by atoms with E-state index in [4.69, 9.17) is 11.6 Å². The van der Waals surface area contributed by atoms with E-state index >= 15 is 0 Å². The van der Waals surface area contributed by atoms with E-state index in [-0.39, 0.29) is 10.8 Å². The van der Waals surface area contributed by atoms with Crippen LogP contribution in [-0.4, -0.2) is 15.8 Å². The number of halogens is 1. The van der Waals surface area contributed by atoms with Gasteiger partial charge in [0.2, 0.25) is 0 Å². The van der Waals surface area contributed by atoms with Crippen LogP contribution in [0.1, 0.15) is 21.6 Å². The Morgan fingerprint density at radius 2 is 2.05 bits per heavy atom. The Morgan fingerprint density at radius 1 is 1.33 bits per heavy atom. The highest BCUT2D eigenvalue weighted by Gasteiger charge is 2.16. The molecule has 6 nitrogen and oxygen atoms in total. The van der Waals surface area contributed by atoms with Gasteiger partial charge in [0.25, 0.3) is 11.6 Å². The number of hydrogen-bond donors (Lipinski definition) is 1. The molecule has 0 spiro atoms. The maximum absolute atomic E-state index is 12.2. The van der Waals surface area contributed by atoms with E-state index in [1.807, 2.05) is 0 Å². The predicted octanol–water partition coefficient (Wildman–Crippen LogP) is 3.51. The van der Waals surface area contributed by atoms with Crippen LogP contribution in [-0.2, 0) is 0 Å². The summed E-state index contributed by atoms with van der Waals surface area (Å²) in [5.74, 6) is -0.397. The molecule has 0 aliphatic carbocycles. The standard InChI is InChI=1S/C14H12ClN3O3/c1-8-6-10(7-13(15)16-8)14(19)17-11-4-3-5-12(9(11)2)18(20)21/h3-7H,1-2H3,(H,17,19). The molecule has 2 rings (SSSR count). The van der Waals surface area contributed by atoms with Gasteiger partial charge in [-0.3, -0.25) is 14.9 Å². The van der Waals surface area contributed by atoms with Gasteiger partial charge in [0.05, 0.1) is 16.2 Å². The van der Waals surface area contributed by atoms with Crippen LogP contribution in [0.3, 0.4) is 0 Å². The predicted molar refractivity (Wildman–Crippen MR) is 79.8 cm³/mol. The number of anilines is 1. The van der Waals surface area contributed by atoms with E-state index < -0.39 is 10.8 Å². The normalized spacial score (nSPS) is 10.2. The molecule has 0 radical (unpaired) electrons. The smallest absolute Gasteiger partial charge is 0.274 e. The summed E-state index contributed by atoms with van der Waals surface area (Å²) < 4.78 is 0. The third kappa shape index (κ3) is 3.35. The first-order valence-electron chi connectivity index (χ1n) is 6.08. The molecule has 0 fully saturated rings. The van der Waals surface area contributed by atoms with E-state index in [9.17, 15) is 14.9 Å². The number of nitrogens with zero attached hydrogens (tertiary/aromatic N) is 2. The van der Waals surface area contributed by atoms with Crippen molar-refractivity contribution in [1.82, 2.24) is 4.98 Å². The molecule has 0 atom stereocenters. The highest BCUT2D eigenvalue weighted by Crippen LogP contribution is 2.25. The molecule has 108 valence electrons. The first-order chi connectivity index (χ1) is 9.88. The quantitative estimate of drug-likeness (QED) is 0.534. The Bertz CT molecular complexity index is 711. The van der Waals surface area contributed by atoms with Crippen LogP contribution < -0.4 is 5.32 Å². The van der Waals surface area contributed by atoms with Gasteiger partial charge < -0.3 is 5.32 Å². The first-order valence-corrected chi connectivity index (χ1v) is 6.46. The van der Waals surface area contributed by atoms with E-state index in [0.717, 1.165) is 0 Å². The van der Waals surface area contributed by atoms with Crippen molar-refractivity contribution in [2.75, 3.05) is 5.32 Å². The molecule has 7 heteroatoms. The fraction of sp³-hybridized carbons (Fsp3) is 0.143. The second-order valence-electron chi connectivity index (χ2n) is 4.48. The summed E-state index contributed by atoms with van der Waals surface area (Å²) in [6, 6.07) is 7.55. The van der Waals surface area contributed by atoms with E-state index in [1.165, 1.54) is 18.2 Å². The van der Waals surface area contributed by atoms with Gasteiger partial charge in [-0.2, -0.15) is 0 Å². The van der Waals surface area contributed by atoms with Crippen LogP contribution in [0.15, 0.2) is 30.3 Å². The average molecular weight is 306 g/mol. The monoisotopic (exact) mass is 305 g/mol. The summed E-state index contributed by atoms with van der Waals surface area (Å²) in [6.45, 7) is 3.31. The summed E-state index contributed by atoms with van der Waals surface area (Å²) in [6.07, 6.45) is 0. The molecule has 21 heavy (non-hydrogen) atoms. The number of rotatable bonds is 3. The first kappa shape index (κ1) is 14.9. The van der Waals surface area contributed by atoms with Gasteiger partial charge in [0.15, 0.2) is 0 Å². The van der Waals surface area contributed by atoms with Gasteiger partial charge in [-0.1, -0.05) is 17.7 Å². The Morgan fingerprint density at radius 3 is 2.67 bits per heavy atom.